The fraction of sp³-hybridized carbons (Fsp3) is 0.0390. The first-order chi connectivity index (χ1) is 40.9. The van der Waals surface area contributed by atoms with Crippen molar-refractivity contribution in [2.45, 2.75) is 20.8 Å². The Morgan fingerprint density at radius 2 is 0.687 bits per heavy atom. The summed E-state index contributed by atoms with van der Waals surface area (Å²) in [5.74, 6) is 0. The Bertz CT molecular complexity index is 5510. The highest BCUT2D eigenvalue weighted by Crippen LogP contribution is 2.49. The van der Waals surface area contributed by atoms with Crippen LogP contribution < -0.4 is 9.80 Å². The van der Waals surface area contributed by atoms with Crippen LogP contribution in [0.5, 0.6) is 0 Å². The van der Waals surface area contributed by atoms with Crippen LogP contribution in [0.15, 0.2) is 266 Å². The number of anilines is 6. The van der Waals surface area contributed by atoms with Crippen molar-refractivity contribution in [3.05, 3.63) is 265 Å². The van der Waals surface area contributed by atoms with E-state index in [1.54, 1.807) is 0 Å². The highest BCUT2D eigenvalue weighted by Gasteiger charge is 2.26. The van der Waals surface area contributed by atoms with Gasteiger partial charge in [-0.3, -0.25) is 0 Å². The molecule has 0 spiro atoms. The minimum Gasteiger partial charge on any atom is -0.453 e. The molecule has 0 aliphatic heterocycles. The average molecular weight is 1070 g/mol. The third-order valence-electron chi connectivity index (χ3n) is 17.1. The maximum atomic E-state index is 7.02. The van der Waals surface area contributed by atoms with Gasteiger partial charge in [-0.2, -0.15) is 0 Å². The first-order valence-corrected chi connectivity index (χ1v) is 28.3. The smallest absolute Gasteiger partial charge is 0.178 e. The fourth-order valence-electron chi connectivity index (χ4n) is 13.2. The van der Waals surface area contributed by atoms with Gasteiger partial charge in [-0.05, 0) is 149 Å². The molecule has 0 aliphatic carbocycles. The second-order valence-corrected chi connectivity index (χ2v) is 22.1. The molecular formula is C77H50N2O4. The molecule has 0 atom stereocenters. The summed E-state index contributed by atoms with van der Waals surface area (Å²) in [7, 11) is 0. The molecule has 0 amide bonds. The molecule has 0 aliphatic rings. The number of benzene rings is 13. The van der Waals surface area contributed by atoms with Crippen LogP contribution >= 0.6 is 0 Å². The lowest BCUT2D eigenvalue weighted by Crippen LogP contribution is -2.11. The third-order valence-corrected chi connectivity index (χ3v) is 17.1. The number of rotatable bonds is 8. The zero-order valence-electron chi connectivity index (χ0n) is 45.7. The van der Waals surface area contributed by atoms with Crippen molar-refractivity contribution in [2.75, 3.05) is 9.80 Å². The number of hydrogen-bond donors (Lipinski definition) is 0. The largest absolute Gasteiger partial charge is 0.453 e. The van der Waals surface area contributed by atoms with Gasteiger partial charge in [0.25, 0.3) is 0 Å². The second kappa shape index (κ2) is 18.1. The zero-order chi connectivity index (χ0) is 55.0. The van der Waals surface area contributed by atoms with Crippen molar-refractivity contribution in [1.29, 1.82) is 0 Å². The molecule has 392 valence electrons. The number of hydrogen-bond acceptors (Lipinski definition) is 6. The molecule has 0 saturated heterocycles. The summed E-state index contributed by atoms with van der Waals surface area (Å²) < 4.78 is 28.1. The molecule has 6 heteroatoms. The molecule has 4 heterocycles. The van der Waals surface area contributed by atoms with Crippen LogP contribution in [0, 0.1) is 20.8 Å². The normalized spacial score (nSPS) is 12.0. The van der Waals surface area contributed by atoms with Crippen LogP contribution in [0.1, 0.15) is 16.7 Å². The van der Waals surface area contributed by atoms with Crippen LogP contribution in [-0.4, -0.2) is 0 Å². The molecule has 0 saturated carbocycles. The summed E-state index contributed by atoms with van der Waals surface area (Å²) in [5.41, 5.74) is 20.4. The monoisotopic (exact) mass is 1070 g/mol. The van der Waals surface area contributed by atoms with E-state index in [0.29, 0.717) is 0 Å². The summed E-state index contributed by atoms with van der Waals surface area (Å²) in [5, 5.41) is 12.8. The van der Waals surface area contributed by atoms with Crippen molar-refractivity contribution in [1.82, 2.24) is 0 Å². The lowest BCUT2D eigenvalue weighted by molar-refractivity contribution is 0.633. The average Bonchev–Trinajstić information content (AvgIpc) is 2.69. The highest BCUT2D eigenvalue weighted by atomic mass is 16.4. The predicted molar refractivity (Wildman–Crippen MR) is 345 cm³/mol. The third kappa shape index (κ3) is 7.22. The van der Waals surface area contributed by atoms with Crippen LogP contribution in [0.25, 0.3) is 132 Å². The molecule has 0 unspecified atom stereocenters. The molecule has 17 aromatic rings. The van der Waals surface area contributed by atoms with Crippen LogP contribution in [0.3, 0.4) is 0 Å². The van der Waals surface area contributed by atoms with E-state index >= 15 is 0 Å². The van der Waals surface area contributed by atoms with E-state index in [9.17, 15) is 0 Å². The van der Waals surface area contributed by atoms with Gasteiger partial charge in [0.2, 0.25) is 0 Å². The van der Waals surface area contributed by atoms with Gasteiger partial charge in [-0.25, -0.2) is 0 Å². The van der Waals surface area contributed by atoms with Gasteiger partial charge in [-0.15, -0.1) is 0 Å². The molecule has 13 aromatic carbocycles. The lowest BCUT2D eigenvalue weighted by Gasteiger charge is -2.27. The molecule has 6 nitrogen and oxygen atoms in total. The van der Waals surface area contributed by atoms with Crippen molar-refractivity contribution in [3.8, 4) is 22.3 Å². The van der Waals surface area contributed by atoms with Crippen molar-refractivity contribution >= 4 is 143 Å². The maximum absolute atomic E-state index is 7.02. The summed E-state index contributed by atoms with van der Waals surface area (Å²) in [6.45, 7) is 6.52. The van der Waals surface area contributed by atoms with E-state index in [1.165, 1.54) is 0 Å². The lowest BCUT2D eigenvalue weighted by atomic mass is 10.00. The molecular weight excluding hydrogens is 1020 g/mol. The van der Waals surface area contributed by atoms with Gasteiger partial charge in [0, 0.05) is 77.0 Å². The number of fused-ring (bicyclic) bond motifs is 15. The number of para-hydroxylation sites is 6. The second-order valence-electron chi connectivity index (χ2n) is 22.1. The molecule has 0 fully saturated rings. The maximum Gasteiger partial charge on any atom is 0.178 e. The highest BCUT2D eigenvalue weighted by molar-refractivity contribution is 6.23. The minimum absolute atomic E-state index is 0.741. The molecule has 0 N–H and O–H groups in total. The Hall–Kier alpha value is -10.8. The van der Waals surface area contributed by atoms with E-state index in [1.807, 2.05) is 12.1 Å². The van der Waals surface area contributed by atoms with E-state index in [2.05, 4.69) is 267 Å². The van der Waals surface area contributed by atoms with Gasteiger partial charge < -0.3 is 27.5 Å². The Morgan fingerprint density at radius 3 is 1.20 bits per heavy atom. The first kappa shape index (κ1) is 47.0. The first-order valence-electron chi connectivity index (χ1n) is 28.3. The van der Waals surface area contributed by atoms with Crippen molar-refractivity contribution in [3.63, 3.8) is 0 Å². The van der Waals surface area contributed by atoms with Gasteiger partial charge in [0.15, 0.2) is 22.3 Å². The Kier molecular flexibility index (Phi) is 10.3. The molecule has 83 heavy (non-hydrogen) atoms. The van der Waals surface area contributed by atoms with Gasteiger partial charge in [-0.1, -0.05) is 170 Å². The quantitative estimate of drug-likeness (QED) is 0.151. The van der Waals surface area contributed by atoms with E-state index < -0.39 is 0 Å². The van der Waals surface area contributed by atoms with Crippen LogP contribution in [-0.2, 0) is 0 Å². The fourth-order valence-corrected chi connectivity index (χ4v) is 13.2. The van der Waals surface area contributed by atoms with Crippen molar-refractivity contribution < 1.29 is 17.7 Å². The van der Waals surface area contributed by atoms with Crippen LogP contribution in [0.4, 0.5) is 34.1 Å². The van der Waals surface area contributed by atoms with Gasteiger partial charge in [0.05, 0.1) is 11.4 Å². The van der Waals surface area contributed by atoms with Gasteiger partial charge >= 0.3 is 0 Å². The van der Waals surface area contributed by atoms with Crippen LogP contribution in [0.2, 0.25) is 0 Å². The topological polar surface area (TPSA) is 59.0 Å². The Labute approximate surface area is 476 Å². The molecule has 4 aromatic heterocycles. The molecule has 17 rings (SSSR count). The Balaban J connectivity index is 0.792. The molecule has 0 radical (unpaired) electrons. The van der Waals surface area contributed by atoms with E-state index in [-0.39, 0.29) is 0 Å². The van der Waals surface area contributed by atoms with E-state index in [4.69, 9.17) is 17.7 Å². The minimum atomic E-state index is 0.741. The predicted octanol–water partition coefficient (Wildman–Crippen LogP) is 22.8. The number of nitrogens with zero attached hydrogens (tertiary/aromatic N) is 2. The van der Waals surface area contributed by atoms with E-state index in [0.717, 1.165) is 182 Å². The summed E-state index contributed by atoms with van der Waals surface area (Å²) in [6.07, 6.45) is 0. The molecule has 0 bridgehead atoms. The Morgan fingerprint density at radius 1 is 0.253 bits per heavy atom. The summed E-state index contributed by atoms with van der Waals surface area (Å²) >= 11 is 0. The standard InChI is InChI=1S/C77H50N2O4/c1-45-18-10-12-30-65(45)78(67-32-16-28-60-58-26-14-24-56(72(58)82-74(60)67)48-20-6-4-7-21-48)54-36-34-50-41-62-63-38-47(3)71-64-42-51-35-37-55(40-53(51)44-70(64)81-77(71)76(63)80-69(62)43-52(50)39-54)79(66-31-13-11-19-46(66)2)68-33-17-29-61-59-27-15-25-57(73(59)83-75(61)68)49-22-8-5-9-23-49/h4-44H,1-3H3. The zero-order valence-corrected chi connectivity index (χ0v) is 45.7. The number of aryl methyl sites for hydroxylation is 3. The SMILES string of the molecule is Cc1ccccc1N(c1ccc2cc3c(cc2c1)oc1c3cc(C)c2c3cc4ccc(N(c5ccccc5C)c5cccc6c5oc5c(-c7ccccc7)cccc56)cc4cc3oc12)c1cccc2c1oc1c(-c3ccccc3)cccc12. The summed E-state index contributed by atoms with van der Waals surface area (Å²) in [4.78, 5) is 4.67. The van der Waals surface area contributed by atoms with Crippen molar-refractivity contribution in [2.24, 2.45) is 0 Å². The summed E-state index contributed by atoms with van der Waals surface area (Å²) in [6, 6.07) is 88.5. The number of furan rings is 4. The van der Waals surface area contributed by atoms with Gasteiger partial charge in [0.1, 0.15) is 22.3 Å².